The van der Waals surface area contributed by atoms with Gasteiger partial charge in [0.05, 0.1) is 22.8 Å². The average molecular weight is 459 g/mol. The lowest BCUT2D eigenvalue weighted by atomic mass is 10.0. The number of fused-ring (bicyclic) bond motifs is 2. The number of benzene rings is 1. The van der Waals surface area contributed by atoms with Gasteiger partial charge in [-0.05, 0) is 56.8 Å². The first kappa shape index (κ1) is 20.9. The van der Waals surface area contributed by atoms with Crippen molar-refractivity contribution in [1.82, 2.24) is 24.2 Å². The number of pyridine rings is 1. The summed E-state index contributed by atoms with van der Waals surface area (Å²) in [5.74, 6) is -0.00293. The van der Waals surface area contributed by atoms with Crippen LogP contribution in [0, 0.1) is 12.3 Å². The fourth-order valence-electron chi connectivity index (χ4n) is 5.56. The Kier molecular flexibility index (Phi) is 4.38. The molecule has 3 aromatic heterocycles. The molecule has 1 aliphatic heterocycles. The number of hydrogen-bond acceptors (Lipinski definition) is 5. The summed E-state index contributed by atoms with van der Waals surface area (Å²) >= 11 is 0. The monoisotopic (exact) mass is 458 g/mol. The van der Waals surface area contributed by atoms with Gasteiger partial charge < -0.3 is 10.4 Å². The molecule has 1 amide bonds. The van der Waals surface area contributed by atoms with Crippen LogP contribution in [-0.4, -0.2) is 54.9 Å². The topological polar surface area (TPSA) is 105 Å². The third-order valence-corrected chi connectivity index (χ3v) is 7.49. The molecule has 1 aromatic carbocycles. The molecule has 4 heterocycles. The van der Waals surface area contributed by atoms with Gasteiger partial charge in [0.1, 0.15) is 5.82 Å². The van der Waals surface area contributed by atoms with E-state index in [1.54, 1.807) is 29.1 Å². The van der Waals surface area contributed by atoms with Crippen LogP contribution < -0.4 is 5.32 Å². The molecule has 4 aromatic rings. The maximum absolute atomic E-state index is 13.0. The Morgan fingerprint density at radius 1 is 1.15 bits per heavy atom. The fourth-order valence-corrected chi connectivity index (χ4v) is 5.56. The van der Waals surface area contributed by atoms with E-state index in [-0.39, 0.29) is 11.9 Å². The molecule has 6 rings (SSSR count). The molecule has 1 saturated carbocycles. The molecule has 1 saturated heterocycles. The predicted molar refractivity (Wildman–Crippen MR) is 128 cm³/mol. The standard InChI is InChI=1S/C25H26N6O3/c1-14-17-5-4-15(8-19(17)30(3)28-14)23(32)27-22-10-18-16(12-26-22)9-20(31(18)24(33)34)21-11-25(6-7-25)13-29(21)2/h4-5,8-10,12,21H,6-7,11,13H2,1-3H3,(H,33,34)(H,26,27,32)/t21-/m0/s1. The van der Waals surface area contributed by atoms with E-state index in [9.17, 15) is 14.7 Å². The quantitative estimate of drug-likeness (QED) is 0.477. The number of anilines is 1. The van der Waals surface area contributed by atoms with E-state index in [2.05, 4.69) is 27.3 Å². The van der Waals surface area contributed by atoms with Crippen molar-refractivity contribution < 1.29 is 14.7 Å². The zero-order valence-corrected chi connectivity index (χ0v) is 19.4. The number of aryl methyl sites for hydroxylation is 2. The van der Waals surface area contributed by atoms with Crippen molar-refractivity contribution in [3.63, 3.8) is 0 Å². The van der Waals surface area contributed by atoms with Crippen LogP contribution in [0.4, 0.5) is 10.6 Å². The Morgan fingerprint density at radius 3 is 2.65 bits per heavy atom. The van der Waals surface area contributed by atoms with Crippen molar-refractivity contribution in [1.29, 1.82) is 0 Å². The molecule has 34 heavy (non-hydrogen) atoms. The second-order valence-electron chi connectivity index (χ2n) is 9.85. The Bertz CT molecular complexity index is 1500. The number of nitrogens with zero attached hydrogens (tertiary/aromatic N) is 5. The van der Waals surface area contributed by atoms with Crippen molar-refractivity contribution in [3.8, 4) is 0 Å². The van der Waals surface area contributed by atoms with Gasteiger partial charge in [0.2, 0.25) is 0 Å². The SMILES string of the molecule is Cc1nn(C)c2cc(C(=O)Nc3cc4c(cn3)cc([C@@H]3CC5(CC5)CN3C)n4C(=O)O)ccc12. The van der Waals surface area contributed by atoms with E-state index in [1.807, 2.05) is 26.1 Å². The zero-order chi connectivity index (χ0) is 23.8. The summed E-state index contributed by atoms with van der Waals surface area (Å²) in [5.41, 5.74) is 3.89. The van der Waals surface area contributed by atoms with Gasteiger partial charge in [-0.25, -0.2) is 14.3 Å². The maximum atomic E-state index is 13.0. The number of likely N-dealkylation sites (tertiary alicyclic amines) is 1. The van der Waals surface area contributed by atoms with Crippen LogP contribution in [0.1, 0.15) is 47.1 Å². The molecule has 2 aliphatic rings. The summed E-state index contributed by atoms with van der Waals surface area (Å²) in [6.45, 7) is 2.93. The first-order valence-corrected chi connectivity index (χ1v) is 11.4. The van der Waals surface area contributed by atoms with Gasteiger partial charge in [-0.3, -0.25) is 14.4 Å². The van der Waals surface area contributed by atoms with Crippen molar-refractivity contribution >= 4 is 39.6 Å². The Morgan fingerprint density at radius 2 is 1.94 bits per heavy atom. The van der Waals surface area contributed by atoms with Gasteiger partial charge in [-0.2, -0.15) is 5.10 Å². The minimum atomic E-state index is -1.03. The lowest BCUT2D eigenvalue weighted by Gasteiger charge is -2.20. The van der Waals surface area contributed by atoms with Gasteiger partial charge in [-0.1, -0.05) is 6.07 Å². The molecule has 1 aliphatic carbocycles. The third-order valence-electron chi connectivity index (χ3n) is 7.49. The van der Waals surface area contributed by atoms with Crippen LogP contribution in [-0.2, 0) is 7.05 Å². The number of nitrogens with one attached hydrogen (secondary N) is 1. The number of rotatable bonds is 3. The lowest BCUT2D eigenvalue weighted by Crippen LogP contribution is -2.23. The highest BCUT2D eigenvalue weighted by molar-refractivity contribution is 6.06. The second-order valence-corrected chi connectivity index (χ2v) is 9.85. The van der Waals surface area contributed by atoms with Crippen molar-refractivity contribution in [2.24, 2.45) is 12.5 Å². The fraction of sp³-hybridized carbons (Fsp3) is 0.360. The summed E-state index contributed by atoms with van der Waals surface area (Å²) in [5, 5.41) is 19.0. The highest BCUT2D eigenvalue weighted by atomic mass is 16.4. The van der Waals surface area contributed by atoms with Gasteiger partial charge >= 0.3 is 6.09 Å². The Hall–Kier alpha value is -3.72. The van der Waals surface area contributed by atoms with Crippen molar-refractivity contribution in [3.05, 3.63) is 53.5 Å². The Labute approximate surface area is 196 Å². The molecule has 174 valence electrons. The zero-order valence-electron chi connectivity index (χ0n) is 19.4. The van der Waals surface area contributed by atoms with Crippen molar-refractivity contribution in [2.75, 3.05) is 18.9 Å². The van der Waals surface area contributed by atoms with Crippen LogP contribution in [0.15, 0.2) is 36.5 Å². The van der Waals surface area contributed by atoms with Crippen LogP contribution in [0.5, 0.6) is 0 Å². The van der Waals surface area contributed by atoms with Crippen LogP contribution in [0.3, 0.4) is 0 Å². The average Bonchev–Trinajstić information content (AvgIpc) is 3.17. The molecule has 2 fully saturated rings. The second kappa shape index (κ2) is 7.14. The third kappa shape index (κ3) is 3.19. The van der Waals surface area contributed by atoms with E-state index >= 15 is 0 Å². The summed E-state index contributed by atoms with van der Waals surface area (Å²) in [4.78, 5) is 31.9. The summed E-state index contributed by atoms with van der Waals surface area (Å²) in [7, 11) is 3.91. The molecule has 0 radical (unpaired) electrons. The summed E-state index contributed by atoms with van der Waals surface area (Å²) in [6, 6.07) is 9.05. The normalized spacial score (nSPS) is 19.3. The van der Waals surface area contributed by atoms with Crippen LogP contribution in [0.25, 0.3) is 21.8 Å². The summed E-state index contributed by atoms with van der Waals surface area (Å²) < 4.78 is 3.10. The smallest absolute Gasteiger partial charge is 0.416 e. The number of carboxylic acid groups (broad SMARTS) is 1. The molecular weight excluding hydrogens is 432 g/mol. The van der Waals surface area contributed by atoms with Gasteiger partial charge in [0, 0.05) is 47.9 Å². The maximum Gasteiger partial charge on any atom is 0.416 e. The molecule has 2 N–H and O–H groups in total. The minimum absolute atomic E-state index is 0.0538. The number of amides is 1. The predicted octanol–water partition coefficient (Wildman–Crippen LogP) is 4.17. The molecule has 0 bridgehead atoms. The number of hydrogen-bond donors (Lipinski definition) is 2. The Balaban J connectivity index is 1.34. The first-order chi connectivity index (χ1) is 16.2. The number of aromatic nitrogens is 4. The van der Waals surface area contributed by atoms with Gasteiger partial charge in [0.15, 0.2) is 0 Å². The summed E-state index contributed by atoms with van der Waals surface area (Å²) in [6.07, 6.45) is 3.99. The minimum Gasteiger partial charge on any atom is -0.464 e. The highest BCUT2D eigenvalue weighted by Gasteiger charge is 2.51. The van der Waals surface area contributed by atoms with Crippen LogP contribution >= 0.6 is 0 Å². The number of carbonyl (C=O) groups excluding carboxylic acids is 1. The molecule has 9 nitrogen and oxygen atoms in total. The van der Waals surface area contributed by atoms with E-state index < -0.39 is 6.09 Å². The molecule has 1 spiro atoms. The van der Waals surface area contributed by atoms with Gasteiger partial charge in [0.25, 0.3) is 5.91 Å². The van der Waals surface area contributed by atoms with Crippen LogP contribution in [0.2, 0.25) is 0 Å². The molecule has 9 heteroatoms. The van der Waals surface area contributed by atoms with E-state index in [4.69, 9.17) is 0 Å². The molecule has 1 atom stereocenters. The van der Waals surface area contributed by atoms with Crippen molar-refractivity contribution in [2.45, 2.75) is 32.2 Å². The van der Waals surface area contributed by atoms with E-state index in [0.717, 1.165) is 40.6 Å². The molecule has 0 unspecified atom stereocenters. The number of carbonyl (C=O) groups is 2. The van der Waals surface area contributed by atoms with E-state index in [0.29, 0.717) is 22.3 Å². The van der Waals surface area contributed by atoms with Gasteiger partial charge in [-0.15, -0.1) is 0 Å². The first-order valence-electron chi connectivity index (χ1n) is 11.4. The molecular formula is C25H26N6O3. The van der Waals surface area contributed by atoms with E-state index in [1.165, 1.54) is 17.4 Å². The largest absolute Gasteiger partial charge is 0.464 e. The highest BCUT2D eigenvalue weighted by Crippen LogP contribution is 2.58. The lowest BCUT2D eigenvalue weighted by molar-refractivity contribution is 0.102.